The van der Waals surface area contributed by atoms with E-state index in [1.165, 1.54) is 6.20 Å². The Kier molecular flexibility index (Phi) is 12.1. The van der Waals surface area contributed by atoms with Gasteiger partial charge in [0.25, 0.3) is 0 Å². The van der Waals surface area contributed by atoms with Gasteiger partial charge in [-0.2, -0.15) is 15.3 Å². The fourth-order valence-corrected chi connectivity index (χ4v) is 6.00. The van der Waals surface area contributed by atoms with E-state index < -0.39 is 12.3 Å². The number of benzene rings is 1. The number of amides is 2. The molecule has 4 aromatic rings. The predicted octanol–water partition coefficient (Wildman–Crippen LogP) is 5.61. The SMILES string of the molecule is CCCC(CCCCN(C(=O)NCc1ccccc1)c1ccc(-c2cnn(C)c2)cn1)Nc1ncc(C#N)c(N2CCC(F)(CO)CC2)n1. The lowest BCUT2D eigenvalue weighted by molar-refractivity contribution is 0.0480. The first kappa shape index (κ1) is 35.2. The summed E-state index contributed by atoms with van der Waals surface area (Å²) in [6, 6.07) is 15.6. The third-order valence-electron chi connectivity index (χ3n) is 8.88. The van der Waals surface area contributed by atoms with Gasteiger partial charge in [-0.05, 0) is 43.4 Å². The Morgan fingerprint density at radius 1 is 1.08 bits per heavy atom. The number of halogens is 1. The number of anilines is 3. The summed E-state index contributed by atoms with van der Waals surface area (Å²) in [6.07, 6.45) is 11.6. The molecule has 0 spiro atoms. The molecular weight excluding hydrogens is 623 g/mol. The van der Waals surface area contributed by atoms with E-state index in [0.29, 0.717) is 49.3 Å². The number of aliphatic hydroxyl groups excluding tert-OH is 1. The van der Waals surface area contributed by atoms with Crippen molar-refractivity contribution < 1.29 is 14.3 Å². The van der Waals surface area contributed by atoms with E-state index in [2.05, 4.69) is 43.7 Å². The zero-order valence-corrected chi connectivity index (χ0v) is 28.2. The number of carbonyl (C=O) groups is 1. The molecule has 1 aromatic carbocycles. The van der Waals surface area contributed by atoms with Gasteiger partial charge in [0, 0.05) is 75.6 Å². The van der Waals surface area contributed by atoms with Crippen molar-refractivity contribution in [2.75, 3.05) is 41.4 Å². The molecule has 1 unspecified atom stereocenters. The van der Waals surface area contributed by atoms with Crippen molar-refractivity contribution in [2.45, 2.75) is 70.1 Å². The van der Waals surface area contributed by atoms with Crippen LogP contribution < -0.4 is 20.4 Å². The number of aliphatic hydroxyl groups is 1. The number of pyridine rings is 1. The van der Waals surface area contributed by atoms with Gasteiger partial charge in [-0.25, -0.2) is 19.2 Å². The van der Waals surface area contributed by atoms with Crippen LogP contribution in [0.25, 0.3) is 11.1 Å². The summed E-state index contributed by atoms with van der Waals surface area (Å²) in [5, 5.41) is 29.8. The van der Waals surface area contributed by atoms with Gasteiger partial charge in [0.1, 0.15) is 23.1 Å². The summed E-state index contributed by atoms with van der Waals surface area (Å²) in [5.41, 5.74) is 1.62. The number of nitrogens with one attached hydrogen (secondary N) is 2. The van der Waals surface area contributed by atoms with Crippen LogP contribution in [0.3, 0.4) is 0 Å². The minimum absolute atomic E-state index is 0.0808. The molecule has 12 nitrogen and oxygen atoms in total. The molecule has 13 heteroatoms. The normalized spacial score (nSPS) is 14.6. The van der Waals surface area contributed by atoms with Crippen LogP contribution in [0.5, 0.6) is 0 Å². The first-order chi connectivity index (χ1) is 23.8. The first-order valence-corrected chi connectivity index (χ1v) is 16.9. The molecule has 49 heavy (non-hydrogen) atoms. The molecule has 1 atom stereocenters. The molecule has 258 valence electrons. The van der Waals surface area contributed by atoms with Gasteiger partial charge in [0.05, 0.1) is 19.0 Å². The summed E-state index contributed by atoms with van der Waals surface area (Å²) < 4.78 is 16.4. The van der Waals surface area contributed by atoms with Gasteiger partial charge in [-0.1, -0.05) is 43.7 Å². The monoisotopic (exact) mass is 668 g/mol. The highest BCUT2D eigenvalue weighted by Crippen LogP contribution is 2.30. The van der Waals surface area contributed by atoms with Crippen molar-refractivity contribution in [2.24, 2.45) is 7.05 Å². The van der Waals surface area contributed by atoms with E-state index in [1.807, 2.05) is 60.6 Å². The molecule has 5 rings (SSSR count). The van der Waals surface area contributed by atoms with Crippen molar-refractivity contribution in [3.8, 4) is 17.2 Å². The topological polar surface area (TPSA) is 148 Å². The van der Waals surface area contributed by atoms with E-state index in [-0.39, 0.29) is 24.9 Å². The fraction of sp³-hybridized carbons (Fsp3) is 0.444. The largest absolute Gasteiger partial charge is 0.393 e. The second kappa shape index (κ2) is 16.8. The Balaban J connectivity index is 1.22. The number of urea groups is 1. The molecule has 0 aliphatic carbocycles. The number of aromatic nitrogens is 5. The molecule has 0 bridgehead atoms. The van der Waals surface area contributed by atoms with Crippen molar-refractivity contribution >= 4 is 23.6 Å². The molecule has 1 aliphatic rings. The van der Waals surface area contributed by atoms with Crippen molar-refractivity contribution in [3.63, 3.8) is 0 Å². The van der Waals surface area contributed by atoms with Crippen LogP contribution in [-0.4, -0.2) is 73.8 Å². The maximum Gasteiger partial charge on any atom is 0.323 e. The number of alkyl halides is 1. The van der Waals surface area contributed by atoms with E-state index in [4.69, 9.17) is 0 Å². The maximum absolute atomic E-state index is 14.6. The first-order valence-electron chi connectivity index (χ1n) is 16.9. The third-order valence-corrected chi connectivity index (χ3v) is 8.88. The van der Waals surface area contributed by atoms with Crippen LogP contribution in [0.2, 0.25) is 0 Å². The van der Waals surface area contributed by atoms with E-state index in [0.717, 1.165) is 48.8 Å². The number of aryl methyl sites for hydroxylation is 1. The Morgan fingerprint density at radius 3 is 2.53 bits per heavy atom. The van der Waals surface area contributed by atoms with Gasteiger partial charge >= 0.3 is 6.03 Å². The zero-order chi connectivity index (χ0) is 34.6. The molecule has 0 saturated carbocycles. The lowest BCUT2D eigenvalue weighted by atomic mass is 9.94. The zero-order valence-electron chi connectivity index (χ0n) is 28.2. The fourth-order valence-electron chi connectivity index (χ4n) is 6.00. The second-order valence-corrected chi connectivity index (χ2v) is 12.6. The van der Waals surface area contributed by atoms with Gasteiger partial charge < -0.3 is 20.6 Å². The highest BCUT2D eigenvalue weighted by atomic mass is 19.1. The summed E-state index contributed by atoms with van der Waals surface area (Å²) in [4.78, 5) is 30.8. The van der Waals surface area contributed by atoms with Crippen LogP contribution in [0.1, 0.15) is 63.0 Å². The van der Waals surface area contributed by atoms with Crippen LogP contribution in [0, 0.1) is 11.3 Å². The molecular formula is C36H45FN10O2. The number of carbonyl (C=O) groups excluding carboxylic acids is 1. The summed E-state index contributed by atoms with van der Waals surface area (Å²) in [5.74, 6) is 1.47. The predicted molar refractivity (Wildman–Crippen MR) is 188 cm³/mol. The number of hydrogen-bond acceptors (Lipinski definition) is 9. The minimum atomic E-state index is -1.60. The second-order valence-electron chi connectivity index (χ2n) is 12.6. The Hall–Kier alpha value is -5.09. The Morgan fingerprint density at radius 2 is 1.88 bits per heavy atom. The van der Waals surface area contributed by atoms with Crippen molar-refractivity contribution in [1.29, 1.82) is 5.26 Å². The molecule has 3 N–H and O–H groups in total. The number of nitriles is 1. The van der Waals surface area contributed by atoms with Gasteiger partial charge in [-0.3, -0.25) is 9.58 Å². The Labute approximate surface area is 287 Å². The quantitative estimate of drug-likeness (QED) is 0.138. The Bertz CT molecular complexity index is 1680. The van der Waals surface area contributed by atoms with Crippen LogP contribution in [0.4, 0.5) is 26.8 Å². The third kappa shape index (κ3) is 9.51. The van der Waals surface area contributed by atoms with Gasteiger partial charge in [0.15, 0.2) is 5.82 Å². The van der Waals surface area contributed by atoms with Crippen LogP contribution >= 0.6 is 0 Å². The molecule has 1 fully saturated rings. The number of piperidine rings is 1. The van der Waals surface area contributed by atoms with Gasteiger partial charge in [0.2, 0.25) is 5.95 Å². The summed E-state index contributed by atoms with van der Waals surface area (Å²) in [6.45, 7) is 3.22. The highest BCUT2D eigenvalue weighted by molar-refractivity contribution is 5.91. The van der Waals surface area contributed by atoms with Crippen LogP contribution in [0.15, 0.2) is 67.3 Å². The number of rotatable bonds is 15. The lowest BCUT2D eigenvalue weighted by Crippen LogP contribution is -2.44. The summed E-state index contributed by atoms with van der Waals surface area (Å²) >= 11 is 0. The lowest BCUT2D eigenvalue weighted by Gasteiger charge is -2.36. The molecule has 0 radical (unpaired) electrons. The average molecular weight is 669 g/mol. The minimum Gasteiger partial charge on any atom is -0.393 e. The average Bonchev–Trinajstić information content (AvgIpc) is 3.57. The molecule has 1 aliphatic heterocycles. The van der Waals surface area contributed by atoms with E-state index >= 15 is 0 Å². The van der Waals surface area contributed by atoms with Crippen LogP contribution in [-0.2, 0) is 13.6 Å². The van der Waals surface area contributed by atoms with Crippen molar-refractivity contribution in [3.05, 3.63) is 78.4 Å². The summed E-state index contributed by atoms with van der Waals surface area (Å²) in [7, 11) is 1.87. The molecule has 2 amide bonds. The van der Waals surface area contributed by atoms with Gasteiger partial charge in [-0.15, -0.1) is 0 Å². The number of nitrogens with zero attached hydrogens (tertiary/aromatic N) is 8. The molecule has 4 heterocycles. The maximum atomic E-state index is 14.6. The van der Waals surface area contributed by atoms with E-state index in [1.54, 1.807) is 22.0 Å². The number of unbranched alkanes of at least 4 members (excludes halogenated alkanes) is 1. The van der Waals surface area contributed by atoms with E-state index in [9.17, 15) is 19.6 Å². The standard InChI is InChI=1S/C36H45FN10O2/c1-3-9-31(43-34-40-23-29(20-38)33(44-34)46-18-15-36(37,26-48)16-19-46)12-7-8-17-47(35(49)41-21-27-10-5-4-6-11-27)32-14-13-28(22-39-32)30-24-42-45(2)25-30/h4-6,10-11,13-14,22-25,31,48H,3,7-9,12,15-19,21,26H2,1-2H3,(H,41,49)(H,40,43,44). The molecule has 1 saturated heterocycles. The van der Waals surface area contributed by atoms with Crippen molar-refractivity contribution in [1.82, 2.24) is 30.0 Å². The molecule has 3 aromatic heterocycles. The smallest absolute Gasteiger partial charge is 0.323 e. The highest BCUT2D eigenvalue weighted by Gasteiger charge is 2.35. The number of hydrogen-bond donors (Lipinski definition) is 3.